The predicted molar refractivity (Wildman–Crippen MR) is 480 cm³/mol. The Morgan fingerprint density at radius 3 is 0.492 bits per heavy atom. The molecule has 0 radical (unpaired) electrons. The van der Waals surface area contributed by atoms with E-state index < -0.39 is 48.3 Å². The van der Waals surface area contributed by atoms with E-state index in [0.29, 0.717) is 103 Å². The number of hydrogen-bond donors (Lipinski definition) is 4. The first-order valence-corrected chi connectivity index (χ1v) is 49.5. The lowest BCUT2D eigenvalue weighted by atomic mass is 9.94. The molecule has 23 heteroatoms. The van der Waals surface area contributed by atoms with E-state index in [1.54, 1.807) is 16.8 Å². The summed E-state index contributed by atoms with van der Waals surface area (Å²) in [6.45, 7) is 18.4. The third-order valence-electron chi connectivity index (χ3n) is 23.1. The Bertz CT molecular complexity index is 2070. The quantitative estimate of drug-likeness (QED) is 0.0250. The van der Waals surface area contributed by atoms with Crippen molar-refractivity contribution in [3.8, 4) is 0 Å². The summed E-state index contributed by atoms with van der Waals surface area (Å²) < 4.78 is 45.2. The summed E-state index contributed by atoms with van der Waals surface area (Å²) in [6.07, 6.45) is 46.3. The SMILES string of the molecule is CCCCCCC(CCCCCC)C(=O)OCCCCCCOC(=O)C(O)CN(CCN(C)CCN(CC(O)C(=O)OCCCCCCOC(=O)C(CCCCCC)CCCCCC)CC(O)C(=O)OCCCCCCOC(=O)C(CCCCCC)CCCCCC)CC(O)C(=O)OCCCCCCOC(=O)C(CCCCCC)CCCCCC. The van der Waals surface area contributed by atoms with Crippen LogP contribution < -0.4 is 0 Å². The van der Waals surface area contributed by atoms with Crippen LogP contribution in [0.4, 0.5) is 0 Å². The lowest BCUT2D eigenvalue weighted by Gasteiger charge is -2.30. The first-order valence-electron chi connectivity index (χ1n) is 49.5. The van der Waals surface area contributed by atoms with Crippen molar-refractivity contribution in [1.82, 2.24) is 14.7 Å². The lowest BCUT2D eigenvalue weighted by Crippen LogP contribution is -2.48. The van der Waals surface area contributed by atoms with Gasteiger partial charge in [0.15, 0.2) is 24.4 Å². The van der Waals surface area contributed by atoms with Gasteiger partial charge in [0.05, 0.1) is 76.5 Å². The number of aliphatic hydroxyl groups excluding tert-OH is 4. The van der Waals surface area contributed by atoms with Gasteiger partial charge >= 0.3 is 47.8 Å². The molecule has 0 aliphatic heterocycles. The molecular weight excluding hydrogens is 1530 g/mol. The maximum atomic E-state index is 13.4. The van der Waals surface area contributed by atoms with Crippen LogP contribution in [0.25, 0.3) is 0 Å². The monoisotopic (exact) mass is 1710 g/mol. The van der Waals surface area contributed by atoms with Crippen LogP contribution in [-0.4, -0.2) is 220 Å². The third-order valence-corrected chi connectivity index (χ3v) is 23.1. The second kappa shape index (κ2) is 84.0. The third kappa shape index (κ3) is 67.8. The zero-order valence-electron chi connectivity index (χ0n) is 78.2. The highest BCUT2D eigenvalue weighted by Gasteiger charge is 2.30. The molecule has 4 atom stereocenters. The standard InChI is InChI=1S/C97H183N3O20/c1-10-18-26-42-58-82(59-43-27-19-11-2)90(105)113-70-50-34-38-54-74-117-94(109)86(101)78-99(79-87(102)95(110)118-75-55-39-35-51-71-114-91(106)83(60-44-28-20-12-3)61-45-29-21-13-4)68-66-98(9)67-69-100(80-88(103)96(111)119-76-56-40-36-52-72-115-92(107)84(62-46-30-22-14-5)63-47-31-23-15-6)81-89(104)97(112)120-77-57-41-37-53-73-116-93(108)85(64-48-32-24-16-7)65-49-33-25-17-8/h82-89,101-104H,10-81H2,1-9H3. The van der Waals surface area contributed by atoms with Gasteiger partial charge in [0.2, 0.25) is 0 Å². The highest BCUT2D eigenvalue weighted by Crippen LogP contribution is 2.26. The van der Waals surface area contributed by atoms with Gasteiger partial charge in [-0.15, -0.1) is 0 Å². The number of carbonyl (C=O) groups excluding carboxylic acids is 8. The Morgan fingerprint density at radius 2 is 0.342 bits per heavy atom. The van der Waals surface area contributed by atoms with Crippen molar-refractivity contribution in [3.05, 3.63) is 0 Å². The maximum absolute atomic E-state index is 13.4. The van der Waals surface area contributed by atoms with Gasteiger partial charge in [-0.3, -0.25) is 29.0 Å². The Morgan fingerprint density at radius 1 is 0.200 bits per heavy atom. The molecule has 706 valence electrons. The Balaban J connectivity index is 6.22. The summed E-state index contributed by atoms with van der Waals surface area (Å²) in [4.78, 5) is 111. The van der Waals surface area contributed by atoms with Gasteiger partial charge in [-0.1, -0.05) is 261 Å². The van der Waals surface area contributed by atoms with Gasteiger partial charge in [-0.2, -0.15) is 0 Å². The van der Waals surface area contributed by atoms with Crippen LogP contribution in [0.5, 0.6) is 0 Å². The van der Waals surface area contributed by atoms with E-state index >= 15 is 0 Å². The molecule has 0 spiro atoms. The normalized spacial score (nSPS) is 12.8. The van der Waals surface area contributed by atoms with Crippen molar-refractivity contribution >= 4 is 47.8 Å². The summed E-state index contributed by atoms with van der Waals surface area (Å²) in [5, 5.41) is 45.4. The first kappa shape index (κ1) is 115. The number of nitrogens with zero attached hydrogens (tertiary/aromatic N) is 3. The van der Waals surface area contributed by atoms with Crippen LogP contribution in [0.15, 0.2) is 0 Å². The average molecular weight is 1710 g/mol. The summed E-state index contributed by atoms with van der Waals surface area (Å²) in [5.74, 6) is -4.22. The Hall–Kier alpha value is -4.52. The molecule has 23 nitrogen and oxygen atoms in total. The largest absolute Gasteiger partial charge is 0.465 e. The smallest absolute Gasteiger partial charge is 0.336 e. The van der Waals surface area contributed by atoms with E-state index in [0.717, 1.165) is 283 Å². The lowest BCUT2D eigenvalue weighted by molar-refractivity contribution is -0.158. The average Bonchev–Trinajstić information content (AvgIpc) is 0.958. The summed E-state index contributed by atoms with van der Waals surface area (Å²) in [5.41, 5.74) is 0. The topological polar surface area (TPSA) is 301 Å². The van der Waals surface area contributed by atoms with Gasteiger partial charge < -0.3 is 63.2 Å². The minimum Gasteiger partial charge on any atom is -0.465 e. The van der Waals surface area contributed by atoms with E-state index in [4.69, 9.17) is 37.9 Å². The van der Waals surface area contributed by atoms with Crippen molar-refractivity contribution in [2.75, 3.05) is 112 Å². The maximum Gasteiger partial charge on any atom is 0.336 e. The van der Waals surface area contributed by atoms with Crippen LogP contribution in [0, 0.1) is 23.7 Å². The zero-order valence-corrected chi connectivity index (χ0v) is 78.2. The van der Waals surface area contributed by atoms with Gasteiger partial charge in [-0.25, -0.2) is 19.2 Å². The van der Waals surface area contributed by atoms with Crippen LogP contribution in [0.3, 0.4) is 0 Å². The van der Waals surface area contributed by atoms with Gasteiger partial charge in [-0.05, 0) is 161 Å². The van der Waals surface area contributed by atoms with Crippen molar-refractivity contribution in [1.29, 1.82) is 0 Å². The summed E-state index contributed by atoms with van der Waals surface area (Å²) in [7, 11) is 1.79. The summed E-state index contributed by atoms with van der Waals surface area (Å²) >= 11 is 0. The predicted octanol–water partition coefficient (Wildman–Crippen LogP) is 19.8. The van der Waals surface area contributed by atoms with E-state index in [1.165, 1.54) is 0 Å². The molecule has 0 heterocycles. The number of rotatable bonds is 90. The number of unbranched alkanes of at least 4 members (excludes halogenated alkanes) is 36. The van der Waals surface area contributed by atoms with E-state index in [1.807, 2.05) is 4.90 Å². The molecule has 0 bridgehead atoms. The van der Waals surface area contributed by atoms with Crippen molar-refractivity contribution < 1.29 is 96.7 Å². The van der Waals surface area contributed by atoms with Crippen molar-refractivity contribution in [3.63, 3.8) is 0 Å². The second-order valence-corrected chi connectivity index (χ2v) is 34.5. The fourth-order valence-electron chi connectivity index (χ4n) is 15.1. The molecule has 0 rings (SSSR count). The minimum absolute atomic E-state index is 0.0464. The molecule has 0 amide bonds. The van der Waals surface area contributed by atoms with E-state index in [-0.39, 0.29) is 126 Å². The molecule has 4 N–H and O–H groups in total. The fourth-order valence-corrected chi connectivity index (χ4v) is 15.1. The second-order valence-electron chi connectivity index (χ2n) is 34.5. The molecule has 120 heavy (non-hydrogen) atoms. The highest BCUT2D eigenvalue weighted by atomic mass is 16.6. The van der Waals surface area contributed by atoms with E-state index in [2.05, 4.69) is 55.4 Å². The number of ether oxygens (including phenoxy) is 8. The number of likely N-dealkylation sites (N-methyl/N-ethyl adjacent to an activating group) is 1. The molecule has 0 saturated carbocycles. The van der Waals surface area contributed by atoms with Crippen LogP contribution in [-0.2, 0) is 76.3 Å². The molecule has 0 aromatic heterocycles. The van der Waals surface area contributed by atoms with Gasteiger partial charge in [0.1, 0.15) is 0 Å². The van der Waals surface area contributed by atoms with E-state index in [9.17, 15) is 58.8 Å². The molecular formula is C97H183N3O20. The summed E-state index contributed by atoms with van der Waals surface area (Å²) in [6, 6.07) is 0. The Kier molecular flexibility index (Phi) is 80.8. The van der Waals surface area contributed by atoms with Crippen LogP contribution in [0.1, 0.15) is 415 Å². The number of aliphatic hydroxyl groups is 4. The number of esters is 8. The number of carbonyl (C=O) groups is 8. The zero-order chi connectivity index (χ0) is 88.5. The molecule has 0 aromatic rings. The highest BCUT2D eigenvalue weighted by molar-refractivity contribution is 5.77. The van der Waals surface area contributed by atoms with Gasteiger partial charge in [0, 0.05) is 52.4 Å². The molecule has 0 fully saturated rings. The Labute approximate surface area is 730 Å². The van der Waals surface area contributed by atoms with Crippen LogP contribution >= 0.6 is 0 Å². The molecule has 4 unspecified atom stereocenters. The fraction of sp³-hybridized carbons (Fsp3) is 0.918. The van der Waals surface area contributed by atoms with Crippen molar-refractivity contribution in [2.24, 2.45) is 23.7 Å². The molecule has 0 aliphatic carbocycles. The molecule has 0 aromatic carbocycles. The van der Waals surface area contributed by atoms with Crippen LogP contribution in [0.2, 0.25) is 0 Å². The first-order chi connectivity index (χ1) is 58.3. The number of hydrogen-bond acceptors (Lipinski definition) is 23. The molecule has 0 saturated heterocycles. The molecule has 0 aliphatic rings. The van der Waals surface area contributed by atoms with Gasteiger partial charge in [0.25, 0.3) is 0 Å². The minimum atomic E-state index is -1.65. The van der Waals surface area contributed by atoms with Crippen molar-refractivity contribution in [2.45, 2.75) is 439 Å².